The Hall–Kier alpha value is -1.26. The molecule has 0 saturated carbocycles. The number of benzene rings is 1. The van der Waals surface area contributed by atoms with Crippen molar-refractivity contribution in [1.82, 2.24) is 5.43 Å². The number of hydrogen-bond acceptors (Lipinski definition) is 4. The van der Waals surface area contributed by atoms with E-state index in [0.717, 1.165) is 5.69 Å². The average Bonchev–Trinajstić information content (AvgIpc) is 2.18. The van der Waals surface area contributed by atoms with Gasteiger partial charge in [-0.15, -0.1) is 0 Å². The van der Waals surface area contributed by atoms with E-state index in [0.29, 0.717) is 11.6 Å². The van der Waals surface area contributed by atoms with E-state index in [-0.39, 0.29) is 12.5 Å². The molecule has 0 aromatic heterocycles. The van der Waals surface area contributed by atoms with Gasteiger partial charge in [0, 0.05) is 5.02 Å². The zero-order valence-electron chi connectivity index (χ0n) is 8.42. The van der Waals surface area contributed by atoms with Gasteiger partial charge < -0.3 is 10.2 Å². The third kappa shape index (κ3) is 4.67. The lowest BCUT2D eigenvalue weighted by atomic mass is 10.3. The van der Waals surface area contributed by atoms with E-state index >= 15 is 0 Å². The van der Waals surface area contributed by atoms with Crippen LogP contribution in [-0.2, 0) is 9.53 Å². The van der Waals surface area contributed by atoms with Crippen LogP contribution in [0.5, 0.6) is 0 Å². The van der Waals surface area contributed by atoms with Gasteiger partial charge in [0.1, 0.15) is 6.54 Å². The minimum Gasteiger partial charge on any atom is -0.465 e. The molecule has 5 heteroatoms. The van der Waals surface area contributed by atoms with Gasteiger partial charge in [-0.25, -0.2) is 5.43 Å². The summed E-state index contributed by atoms with van der Waals surface area (Å²) in [6, 6.07) is 7.18. The molecule has 0 aliphatic carbocycles. The van der Waals surface area contributed by atoms with Gasteiger partial charge in [0.15, 0.2) is 0 Å². The van der Waals surface area contributed by atoms with Crippen LogP contribution in [0.25, 0.3) is 0 Å². The molecule has 0 amide bonds. The molecule has 0 spiro atoms. The van der Waals surface area contributed by atoms with Crippen LogP contribution >= 0.6 is 11.6 Å². The van der Waals surface area contributed by atoms with E-state index in [1.165, 1.54) is 0 Å². The highest BCUT2D eigenvalue weighted by Gasteiger charge is 1.99. The summed E-state index contributed by atoms with van der Waals surface area (Å²) in [6.45, 7) is 2.26. The number of carbonyl (C=O) groups is 1. The van der Waals surface area contributed by atoms with Gasteiger partial charge in [-0.2, -0.15) is 0 Å². The Morgan fingerprint density at radius 3 is 3.00 bits per heavy atom. The number of ether oxygens (including phenoxy) is 1. The van der Waals surface area contributed by atoms with Crippen LogP contribution in [0.15, 0.2) is 24.3 Å². The smallest absolute Gasteiger partial charge is 0.321 e. The molecule has 0 aliphatic heterocycles. The van der Waals surface area contributed by atoms with Crippen molar-refractivity contribution in [3.05, 3.63) is 29.3 Å². The minimum atomic E-state index is -0.299. The van der Waals surface area contributed by atoms with Crippen molar-refractivity contribution >= 4 is 23.3 Å². The second-order valence-corrected chi connectivity index (χ2v) is 3.23. The molecule has 1 aromatic carbocycles. The predicted molar refractivity (Wildman–Crippen MR) is 59.7 cm³/mol. The maximum Gasteiger partial charge on any atom is 0.321 e. The molecule has 0 bridgehead atoms. The number of carbonyl (C=O) groups excluding carboxylic acids is 1. The van der Waals surface area contributed by atoms with E-state index in [2.05, 4.69) is 10.9 Å². The van der Waals surface area contributed by atoms with E-state index in [1.54, 1.807) is 19.1 Å². The standard InChI is InChI=1S/C10H13ClN2O2/c1-2-15-10(14)7-12-13-9-5-3-4-8(11)6-9/h3-6,12-13H,2,7H2,1H3. The van der Waals surface area contributed by atoms with Crippen LogP contribution in [0.1, 0.15) is 6.92 Å². The van der Waals surface area contributed by atoms with Crippen LogP contribution in [-0.4, -0.2) is 19.1 Å². The number of nitrogens with one attached hydrogen (secondary N) is 2. The zero-order valence-corrected chi connectivity index (χ0v) is 9.17. The van der Waals surface area contributed by atoms with Crippen molar-refractivity contribution in [3.63, 3.8) is 0 Å². The molecule has 1 rings (SSSR count). The molecular weight excluding hydrogens is 216 g/mol. The number of halogens is 1. The topological polar surface area (TPSA) is 50.4 Å². The quantitative estimate of drug-likeness (QED) is 0.596. The van der Waals surface area contributed by atoms with E-state index in [4.69, 9.17) is 16.3 Å². The van der Waals surface area contributed by atoms with Gasteiger partial charge in [-0.1, -0.05) is 17.7 Å². The van der Waals surface area contributed by atoms with E-state index in [9.17, 15) is 4.79 Å². The number of hydrazine groups is 1. The van der Waals surface area contributed by atoms with Gasteiger partial charge >= 0.3 is 5.97 Å². The second-order valence-electron chi connectivity index (χ2n) is 2.79. The van der Waals surface area contributed by atoms with Crippen molar-refractivity contribution in [2.24, 2.45) is 0 Å². The third-order valence-electron chi connectivity index (χ3n) is 1.60. The number of anilines is 1. The van der Waals surface area contributed by atoms with Gasteiger partial charge in [-0.3, -0.25) is 4.79 Å². The van der Waals surface area contributed by atoms with Gasteiger partial charge in [0.2, 0.25) is 0 Å². The fourth-order valence-electron chi connectivity index (χ4n) is 0.997. The summed E-state index contributed by atoms with van der Waals surface area (Å²) in [6.07, 6.45) is 0. The van der Waals surface area contributed by atoms with Gasteiger partial charge in [-0.05, 0) is 25.1 Å². The van der Waals surface area contributed by atoms with Crippen molar-refractivity contribution < 1.29 is 9.53 Å². The normalized spacial score (nSPS) is 9.73. The van der Waals surface area contributed by atoms with Crippen LogP contribution in [0.3, 0.4) is 0 Å². The molecule has 15 heavy (non-hydrogen) atoms. The Kier molecular flexibility index (Phi) is 4.93. The first-order valence-corrected chi connectivity index (χ1v) is 5.00. The fraction of sp³-hybridized carbons (Fsp3) is 0.300. The van der Waals surface area contributed by atoms with Gasteiger partial charge in [0.25, 0.3) is 0 Å². The summed E-state index contributed by atoms with van der Waals surface area (Å²) in [5, 5.41) is 0.637. The average molecular weight is 229 g/mol. The first-order chi connectivity index (χ1) is 7.22. The molecule has 0 radical (unpaired) electrons. The van der Waals surface area contributed by atoms with Crippen LogP contribution in [0, 0.1) is 0 Å². The monoisotopic (exact) mass is 228 g/mol. The molecule has 0 heterocycles. The maximum absolute atomic E-state index is 10.9. The van der Waals surface area contributed by atoms with Crippen molar-refractivity contribution in [1.29, 1.82) is 0 Å². The molecule has 0 unspecified atom stereocenters. The summed E-state index contributed by atoms with van der Waals surface area (Å²) in [7, 11) is 0. The summed E-state index contributed by atoms with van der Waals surface area (Å²) < 4.78 is 4.74. The SMILES string of the molecule is CCOC(=O)CNNc1cccc(Cl)c1. The van der Waals surface area contributed by atoms with Crippen molar-refractivity contribution in [2.45, 2.75) is 6.92 Å². The summed E-state index contributed by atoms with van der Waals surface area (Å²) in [4.78, 5) is 10.9. The Balaban J connectivity index is 2.28. The largest absolute Gasteiger partial charge is 0.465 e. The van der Waals surface area contributed by atoms with Crippen molar-refractivity contribution in [2.75, 3.05) is 18.6 Å². The Labute approximate surface area is 93.5 Å². The van der Waals surface area contributed by atoms with E-state index in [1.807, 2.05) is 12.1 Å². The Morgan fingerprint density at radius 2 is 2.33 bits per heavy atom. The highest BCUT2D eigenvalue weighted by Crippen LogP contribution is 2.13. The second kappa shape index (κ2) is 6.27. The Bertz CT molecular complexity index is 331. The zero-order chi connectivity index (χ0) is 11.1. The van der Waals surface area contributed by atoms with Crippen LogP contribution < -0.4 is 10.9 Å². The highest BCUT2D eigenvalue weighted by molar-refractivity contribution is 6.30. The maximum atomic E-state index is 10.9. The first kappa shape index (κ1) is 11.8. The summed E-state index contributed by atoms with van der Waals surface area (Å²) in [5.74, 6) is -0.299. The molecule has 0 fully saturated rings. The lowest BCUT2D eigenvalue weighted by Gasteiger charge is -2.07. The third-order valence-corrected chi connectivity index (χ3v) is 1.83. The predicted octanol–water partition coefficient (Wildman–Crippen LogP) is 1.82. The van der Waals surface area contributed by atoms with E-state index < -0.39 is 0 Å². The summed E-state index contributed by atoms with van der Waals surface area (Å²) in [5.41, 5.74) is 6.37. The number of hydrogen-bond donors (Lipinski definition) is 2. The van der Waals surface area contributed by atoms with Crippen molar-refractivity contribution in [3.8, 4) is 0 Å². The molecule has 1 aromatic rings. The molecule has 0 aliphatic rings. The minimum absolute atomic E-state index is 0.111. The highest BCUT2D eigenvalue weighted by atomic mass is 35.5. The van der Waals surface area contributed by atoms with Gasteiger partial charge in [0.05, 0.1) is 12.3 Å². The fourth-order valence-corrected chi connectivity index (χ4v) is 1.19. The van der Waals surface area contributed by atoms with Crippen LogP contribution in [0.2, 0.25) is 5.02 Å². The lowest BCUT2D eigenvalue weighted by Crippen LogP contribution is -2.29. The Morgan fingerprint density at radius 1 is 1.53 bits per heavy atom. The molecular formula is C10H13ClN2O2. The number of rotatable bonds is 5. The number of esters is 1. The lowest BCUT2D eigenvalue weighted by molar-refractivity contribution is -0.141. The summed E-state index contributed by atoms with van der Waals surface area (Å²) >= 11 is 5.78. The molecule has 82 valence electrons. The molecule has 0 saturated heterocycles. The molecule has 2 N–H and O–H groups in total. The first-order valence-electron chi connectivity index (χ1n) is 4.62. The molecule has 0 atom stereocenters. The molecule has 4 nitrogen and oxygen atoms in total. The van der Waals surface area contributed by atoms with Crippen LogP contribution in [0.4, 0.5) is 5.69 Å².